The highest BCUT2D eigenvalue weighted by molar-refractivity contribution is 8.38. The lowest BCUT2D eigenvalue weighted by atomic mass is 10.1. The van der Waals surface area contributed by atoms with Gasteiger partial charge in [-0.3, -0.25) is 9.79 Å². The second kappa shape index (κ2) is 8.44. The molecule has 0 fully saturated rings. The second-order valence-corrected chi connectivity index (χ2v) is 6.53. The summed E-state index contributed by atoms with van der Waals surface area (Å²) >= 11 is 2.93. The van der Waals surface area contributed by atoms with Crippen LogP contribution in [0.2, 0.25) is 0 Å². The fraction of sp³-hybridized carbons (Fsp3) is 0.727. The Labute approximate surface area is 122 Å². The van der Waals surface area contributed by atoms with Crippen LogP contribution in [0.4, 0.5) is 0 Å². The molecule has 19 heavy (non-hydrogen) atoms. The van der Waals surface area contributed by atoms with Crippen molar-refractivity contribution in [2.75, 3.05) is 12.5 Å². The third-order valence-electron chi connectivity index (χ3n) is 1.79. The Hall–Kier alpha value is -0.730. The molecule has 0 aromatic heterocycles. The highest BCUT2D eigenvalue weighted by atomic mass is 32.2. The average molecular weight is 310 g/mol. The normalized spacial score (nSPS) is 11.1. The predicted octanol–water partition coefficient (Wildman–Crippen LogP) is 1.74. The Balaban J connectivity index is 0. The van der Waals surface area contributed by atoms with Gasteiger partial charge in [-0.15, -0.1) is 23.5 Å². The summed E-state index contributed by atoms with van der Waals surface area (Å²) in [5.41, 5.74) is 2.98. The van der Waals surface area contributed by atoms with Crippen LogP contribution in [0.5, 0.6) is 0 Å². The third kappa shape index (κ3) is 9.80. The maximum absolute atomic E-state index is 10.7. The van der Waals surface area contributed by atoms with Crippen LogP contribution < -0.4 is 5.73 Å². The first-order chi connectivity index (χ1) is 8.38. The van der Waals surface area contributed by atoms with Gasteiger partial charge in [0.2, 0.25) is 0 Å². The van der Waals surface area contributed by atoms with Crippen LogP contribution in [0.3, 0.4) is 0 Å². The van der Waals surface area contributed by atoms with Crippen molar-refractivity contribution in [2.45, 2.75) is 38.8 Å². The number of rotatable bonds is 3. The molecule has 0 amide bonds. The summed E-state index contributed by atoms with van der Waals surface area (Å²) in [5, 5.41) is 16.9. The molecular weight excluding hydrogens is 288 g/mol. The van der Waals surface area contributed by atoms with Crippen LogP contribution in [-0.4, -0.2) is 50.1 Å². The molecule has 0 unspecified atom stereocenters. The van der Waals surface area contributed by atoms with Gasteiger partial charge >= 0.3 is 11.9 Å². The molecule has 0 aromatic carbocycles. The lowest BCUT2D eigenvalue weighted by Gasteiger charge is -2.14. The van der Waals surface area contributed by atoms with E-state index in [1.807, 2.05) is 12.5 Å². The zero-order chi connectivity index (χ0) is 15.9. The van der Waals surface area contributed by atoms with E-state index in [9.17, 15) is 9.59 Å². The summed E-state index contributed by atoms with van der Waals surface area (Å²) in [4.78, 5) is 24.6. The van der Waals surface area contributed by atoms with Crippen molar-refractivity contribution in [3.8, 4) is 0 Å². The van der Waals surface area contributed by atoms with E-state index < -0.39 is 23.0 Å². The molecular formula is C11H22N2O4S2. The zero-order valence-electron chi connectivity index (χ0n) is 12.1. The first-order valence-corrected chi connectivity index (χ1v) is 7.77. The van der Waals surface area contributed by atoms with E-state index in [0.717, 1.165) is 4.38 Å². The number of nitrogens with two attached hydrogens (primary N) is 1. The molecule has 0 rings (SSSR count). The van der Waals surface area contributed by atoms with Crippen LogP contribution in [0.1, 0.15) is 27.7 Å². The van der Waals surface area contributed by atoms with Crippen molar-refractivity contribution >= 4 is 39.8 Å². The lowest BCUT2D eigenvalue weighted by molar-refractivity contribution is -0.142. The first kappa shape index (κ1) is 20.6. The minimum absolute atomic E-state index is 0.794. The van der Waals surface area contributed by atoms with Gasteiger partial charge in [0, 0.05) is 0 Å². The number of carboxylic acid groups (broad SMARTS) is 2. The second-order valence-electron chi connectivity index (χ2n) is 4.68. The summed E-state index contributed by atoms with van der Waals surface area (Å²) < 4.78 is 0.794. The summed E-state index contributed by atoms with van der Waals surface area (Å²) in [6.45, 7) is 6.05. The standard InChI is InChI=1S/C7H13NO2S2.C4H9NO2/c1-7(2,5(9)10)8-6(11-3)12-4;1-4(2,5)3(6)7/h1-4H3,(H,9,10);5H2,1-2H3,(H,6,7). The van der Waals surface area contributed by atoms with Crippen molar-refractivity contribution in [3.05, 3.63) is 0 Å². The van der Waals surface area contributed by atoms with Gasteiger partial charge in [0.1, 0.15) is 9.91 Å². The van der Waals surface area contributed by atoms with Crippen LogP contribution >= 0.6 is 23.5 Å². The van der Waals surface area contributed by atoms with Gasteiger partial charge in [-0.1, -0.05) is 0 Å². The molecule has 4 N–H and O–H groups in total. The SMILES string of the molecule is CC(C)(N)C(=O)O.CSC(=NC(C)(C)C(=O)O)SC. The monoisotopic (exact) mass is 310 g/mol. The molecule has 112 valence electrons. The van der Waals surface area contributed by atoms with Crippen molar-refractivity contribution in [1.82, 2.24) is 0 Å². The maximum Gasteiger partial charge on any atom is 0.331 e. The molecule has 0 aromatic rings. The first-order valence-electron chi connectivity index (χ1n) is 5.32. The van der Waals surface area contributed by atoms with Crippen LogP contribution in [0.25, 0.3) is 0 Å². The Morgan fingerprint density at radius 2 is 1.32 bits per heavy atom. The van der Waals surface area contributed by atoms with Crippen molar-refractivity contribution in [2.24, 2.45) is 10.7 Å². The van der Waals surface area contributed by atoms with Crippen molar-refractivity contribution < 1.29 is 19.8 Å². The number of carbonyl (C=O) groups is 2. The van der Waals surface area contributed by atoms with Gasteiger partial charge in [0.05, 0.1) is 0 Å². The number of aliphatic carboxylic acids is 2. The average Bonchev–Trinajstić information content (AvgIpc) is 2.25. The maximum atomic E-state index is 10.7. The van der Waals surface area contributed by atoms with Crippen molar-refractivity contribution in [1.29, 1.82) is 0 Å². The van der Waals surface area contributed by atoms with E-state index >= 15 is 0 Å². The largest absolute Gasteiger partial charge is 0.480 e. The van der Waals surface area contributed by atoms with E-state index in [0.29, 0.717) is 0 Å². The van der Waals surface area contributed by atoms with E-state index in [2.05, 4.69) is 4.99 Å². The highest BCUT2D eigenvalue weighted by Crippen LogP contribution is 2.18. The van der Waals surface area contributed by atoms with E-state index in [1.54, 1.807) is 13.8 Å². The number of carboxylic acids is 2. The molecule has 8 heteroatoms. The van der Waals surface area contributed by atoms with Gasteiger partial charge in [0.25, 0.3) is 0 Å². The molecule has 0 atom stereocenters. The molecule has 0 saturated heterocycles. The van der Waals surface area contributed by atoms with Gasteiger partial charge in [0.15, 0.2) is 5.54 Å². The number of aliphatic imine (C=N–C) groups is 1. The van der Waals surface area contributed by atoms with Crippen LogP contribution in [-0.2, 0) is 9.59 Å². The van der Waals surface area contributed by atoms with E-state index in [-0.39, 0.29) is 0 Å². The Kier molecular flexibility index (Phi) is 9.15. The molecule has 0 aliphatic rings. The summed E-state index contributed by atoms with van der Waals surface area (Å²) in [7, 11) is 0. The van der Waals surface area contributed by atoms with E-state index in [4.69, 9.17) is 15.9 Å². The molecule has 0 aliphatic heterocycles. The Bertz CT molecular complexity index is 343. The number of hydrogen-bond acceptors (Lipinski definition) is 6. The minimum Gasteiger partial charge on any atom is -0.480 e. The van der Waals surface area contributed by atoms with Gasteiger partial charge < -0.3 is 15.9 Å². The molecule has 0 bridgehead atoms. The minimum atomic E-state index is -1.08. The molecule has 0 aliphatic carbocycles. The Morgan fingerprint density at radius 3 is 1.47 bits per heavy atom. The molecule has 0 saturated carbocycles. The number of nitrogens with zero attached hydrogens (tertiary/aromatic N) is 1. The van der Waals surface area contributed by atoms with Gasteiger partial charge in [-0.25, -0.2) is 4.79 Å². The number of thioether (sulfide) groups is 2. The van der Waals surface area contributed by atoms with Crippen LogP contribution in [0.15, 0.2) is 4.99 Å². The molecule has 0 heterocycles. The third-order valence-corrected chi connectivity index (χ3v) is 3.68. The molecule has 6 nitrogen and oxygen atoms in total. The van der Waals surface area contributed by atoms with Gasteiger partial charge in [-0.05, 0) is 40.2 Å². The fourth-order valence-corrected chi connectivity index (χ4v) is 1.76. The molecule has 0 radical (unpaired) electrons. The van der Waals surface area contributed by atoms with Crippen LogP contribution in [0, 0.1) is 0 Å². The fourth-order valence-electron chi connectivity index (χ4n) is 0.451. The zero-order valence-corrected chi connectivity index (χ0v) is 13.7. The topological polar surface area (TPSA) is 113 Å². The molecule has 0 spiro atoms. The smallest absolute Gasteiger partial charge is 0.331 e. The summed E-state index contributed by atoms with van der Waals surface area (Å²) in [6, 6.07) is 0. The summed E-state index contributed by atoms with van der Waals surface area (Å²) in [5.74, 6) is -1.88. The predicted molar refractivity (Wildman–Crippen MR) is 82.1 cm³/mol. The highest BCUT2D eigenvalue weighted by Gasteiger charge is 2.26. The van der Waals surface area contributed by atoms with Gasteiger partial charge in [-0.2, -0.15) is 0 Å². The number of hydrogen-bond donors (Lipinski definition) is 3. The lowest BCUT2D eigenvalue weighted by Crippen LogP contribution is -2.41. The van der Waals surface area contributed by atoms with Crippen molar-refractivity contribution in [3.63, 3.8) is 0 Å². The quantitative estimate of drug-likeness (QED) is 0.537. The Morgan fingerprint density at radius 1 is 1.00 bits per heavy atom. The summed E-state index contributed by atoms with van der Waals surface area (Å²) in [6.07, 6.45) is 3.76. The van der Waals surface area contributed by atoms with E-state index in [1.165, 1.54) is 37.4 Å².